The van der Waals surface area contributed by atoms with E-state index < -0.39 is 47.1 Å². The molecule has 6 fully saturated rings. The van der Waals surface area contributed by atoms with Crippen molar-refractivity contribution in [2.24, 2.45) is 35.5 Å². The number of ether oxygens (including phenoxy) is 10. The second kappa shape index (κ2) is 16.5. The van der Waals surface area contributed by atoms with Gasteiger partial charge in [0.2, 0.25) is 0 Å². The molecular formula is C45H70O12. The summed E-state index contributed by atoms with van der Waals surface area (Å²) in [6.45, 7) is 17.4. The lowest BCUT2D eigenvalue weighted by atomic mass is 9.78. The lowest BCUT2D eigenvalue weighted by Crippen LogP contribution is -2.57. The number of methoxy groups -OCH3 is 3. The Kier molecular flexibility index (Phi) is 12.5. The molecule has 12 heteroatoms. The van der Waals surface area contributed by atoms with Crippen molar-refractivity contribution in [2.75, 3.05) is 27.9 Å². The van der Waals surface area contributed by atoms with E-state index in [0.29, 0.717) is 19.4 Å². The molecule has 1 aromatic carbocycles. The molecule has 18 atom stereocenters. The van der Waals surface area contributed by atoms with Gasteiger partial charge in [0.05, 0.1) is 67.0 Å². The van der Waals surface area contributed by atoms with Crippen LogP contribution in [0.15, 0.2) is 24.3 Å². The summed E-state index contributed by atoms with van der Waals surface area (Å²) in [5.41, 5.74) is -0.0947. The predicted octanol–water partition coefficient (Wildman–Crippen LogP) is 7.70. The Balaban J connectivity index is 1.03. The average molecular weight is 803 g/mol. The lowest BCUT2D eigenvalue weighted by molar-refractivity contribution is -0.337. The molecule has 0 radical (unpaired) electrons. The van der Waals surface area contributed by atoms with E-state index in [9.17, 15) is 9.90 Å². The quantitative estimate of drug-likeness (QED) is 0.222. The maximum atomic E-state index is 12.0. The number of carbonyl (C=O) groups is 1. The van der Waals surface area contributed by atoms with Crippen LogP contribution in [0.25, 0.3) is 0 Å². The van der Waals surface area contributed by atoms with Gasteiger partial charge < -0.3 is 52.5 Å². The first-order valence-corrected chi connectivity index (χ1v) is 21.7. The molecule has 6 aliphatic rings. The standard InChI is InChI=1S/C45H70O12/c1-12-43(39-26(3)22-33(52-39)36-25(2)21-27(4)45(55-36)24-51-41(56-45)31-13-15-32(48-9)16-14-31)18-17-35(53-43)42(8)19-20-44(57-42)23-34(49-10)28(5)38(54-44)29(6)37(50-11)30(7)40(46)47/h13-16,25-30,33-39,41H,12,17-24H2,1-11H3,(H,46,47)/t25-,26-,27+,28+,29-,30-,33-,34-,35+,36-,37+,38-,39+,41+,42+,43-,44+,45+/m0/s1. The first-order valence-electron chi connectivity index (χ1n) is 21.7. The van der Waals surface area contributed by atoms with Crippen LogP contribution in [-0.2, 0) is 47.4 Å². The Morgan fingerprint density at radius 2 is 1.68 bits per heavy atom. The highest BCUT2D eigenvalue weighted by atomic mass is 16.8. The second-order valence-electron chi connectivity index (χ2n) is 18.8. The van der Waals surface area contributed by atoms with Crippen LogP contribution in [0.3, 0.4) is 0 Å². The van der Waals surface area contributed by atoms with Crippen molar-refractivity contribution >= 4 is 5.97 Å². The van der Waals surface area contributed by atoms with E-state index in [1.54, 1.807) is 28.3 Å². The van der Waals surface area contributed by atoms with Gasteiger partial charge in [-0.15, -0.1) is 0 Å². The third kappa shape index (κ3) is 7.82. The van der Waals surface area contributed by atoms with E-state index in [1.165, 1.54) is 0 Å². The minimum atomic E-state index is -0.889. The van der Waals surface area contributed by atoms with E-state index in [4.69, 9.17) is 47.4 Å². The number of hydrogen-bond acceptors (Lipinski definition) is 11. The van der Waals surface area contributed by atoms with Gasteiger partial charge >= 0.3 is 5.97 Å². The van der Waals surface area contributed by atoms with Crippen molar-refractivity contribution in [3.63, 3.8) is 0 Å². The molecule has 0 aromatic heterocycles. The van der Waals surface area contributed by atoms with Crippen molar-refractivity contribution in [2.45, 2.75) is 179 Å². The fourth-order valence-corrected chi connectivity index (χ4v) is 11.7. The fourth-order valence-electron chi connectivity index (χ4n) is 11.7. The molecule has 0 unspecified atom stereocenters. The summed E-state index contributed by atoms with van der Waals surface area (Å²) < 4.78 is 65.7. The van der Waals surface area contributed by atoms with Gasteiger partial charge in [0.15, 0.2) is 17.9 Å². The zero-order valence-electron chi connectivity index (χ0n) is 36.2. The van der Waals surface area contributed by atoms with Gasteiger partial charge in [-0.3, -0.25) is 4.79 Å². The number of hydrogen-bond donors (Lipinski definition) is 1. The van der Waals surface area contributed by atoms with Crippen molar-refractivity contribution in [1.29, 1.82) is 0 Å². The topological polar surface area (TPSA) is 130 Å². The summed E-state index contributed by atoms with van der Waals surface area (Å²) in [4.78, 5) is 12.0. The van der Waals surface area contributed by atoms with Crippen molar-refractivity contribution in [3.05, 3.63) is 29.8 Å². The molecule has 322 valence electrons. The van der Waals surface area contributed by atoms with Gasteiger partial charge in [0, 0.05) is 50.4 Å². The van der Waals surface area contributed by atoms with Gasteiger partial charge in [-0.25, -0.2) is 0 Å². The molecule has 6 saturated heterocycles. The molecular weight excluding hydrogens is 732 g/mol. The number of rotatable bonds is 12. The Morgan fingerprint density at radius 1 is 0.947 bits per heavy atom. The fraction of sp³-hybridized carbons (Fsp3) is 0.844. The van der Waals surface area contributed by atoms with Crippen LogP contribution in [0.1, 0.15) is 119 Å². The molecule has 7 rings (SSSR count). The molecule has 1 aromatic rings. The van der Waals surface area contributed by atoms with Gasteiger partial charge in [0.1, 0.15) is 12.4 Å². The van der Waals surface area contributed by atoms with Crippen LogP contribution >= 0.6 is 0 Å². The molecule has 0 aliphatic carbocycles. The van der Waals surface area contributed by atoms with Crippen LogP contribution in [0, 0.1) is 35.5 Å². The number of benzene rings is 1. The highest BCUT2D eigenvalue weighted by molar-refractivity contribution is 5.70. The van der Waals surface area contributed by atoms with Gasteiger partial charge in [-0.05, 0) is 76.3 Å². The third-order valence-electron chi connectivity index (χ3n) is 15.2. The molecule has 6 aliphatic heterocycles. The van der Waals surface area contributed by atoms with Gasteiger partial charge in [-0.2, -0.15) is 0 Å². The van der Waals surface area contributed by atoms with E-state index in [0.717, 1.165) is 49.8 Å². The van der Waals surface area contributed by atoms with Crippen LogP contribution in [0.2, 0.25) is 0 Å². The summed E-state index contributed by atoms with van der Waals surface area (Å²) in [6.07, 6.45) is 4.55. The summed E-state index contributed by atoms with van der Waals surface area (Å²) in [5, 5.41) is 9.84. The Labute approximate surface area is 340 Å². The molecule has 0 amide bonds. The first kappa shape index (κ1) is 43.2. The molecule has 0 saturated carbocycles. The molecule has 12 nitrogen and oxygen atoms in total. The van der Waals surface area contributed by atoms with E-state index in [1.807, 2.05) is 31.2 Å². The molecule has 1 N–H and O–H groups in total. The molecule has 6 heterocycles. The highest BCUT2D eigenvalue weighted by Crippen LogP contribution is 2.56. The van der Waals surface area contributed by atoms with Crippen molar-refractivity contribution in [3.8, 4) is 5.75 Å². The van der Waals surface area contributed by atoms with Gasteiger partial charge in [-0.1, -0.05) is 53.7 Å². The minimum Gasteiger partial charge on any atom is -0.497 e. The summed E-state index contributed by atoms with van der Waals surface area (Å²) in [7, 11) is 4.98. The van der Waals surface area contributed by atoms with Crippen LogP contribution in [0.5, 0.6) is 5.75 Å². The van der Waals surface area contributed by atoms with E-state index in [2.05, 4.69) is 41.5 Å². The summed E-state index contributed by atoms with van der Waals surface area (Å²) in [6, 6.07) is 7.82. The third-order valence-corrected chi connectivity index (χ3v) is 15.2. The second-order valence-corrected chi connectivity index (χ2v) is 18.8. The number of carboxylic acid groups (broad SMARTS) is 1. The van der Waals surface area contributed by atoms with Crippen molar-refractivity contribution < 1.29 is 57.3 Å². The largest absolute Gasteiger partial charge is 0.497 e. The highest BCUT2D eigenvalue weighted by Gasteiger charge is 2.63. The number of carboxylic acids is 1. The Morgan fingerprint density at radius 3 is 2.33 bits per heavy atom. The van der Waals surface area contributed by atoms with Crippen LogP contribution < -0.4 is 4.74 Å². The predicted molar refractivity (Wildman–Crippen MR) is 211 cm³/mol. The summed E-state index contributed by atoms with van der Waals surface area (Å²) >= 11 is 0. The van der Waals surface area contributed by atoms with Gasteiger partial charge in [0.25, 0.3) is 0 Å². The van der Waals surface area contributed by atoms with E-state index >= 15 is 0 Å². The Hall–Kier alpha value is -1.87. The smallest absolute Gasteiger partial charge is 0.308 e. The number of aliphatic carboxylic acids is 1. The maximum Gasteiger partial charge on any atom is 0.308 e. The maximum absolute atomic E-state index is 12.0. The van der Waals surface area contributed by atoms with Crippen LogP contribution in [0.4, 0.5) is 0 Å². The first-order chi connectivity index (χ1) is 27.1. The Bertz CT molecular complexity index is 1540. The zero-order valence-corrected chi connectivity index (χ0v) is 36.2. The SMILES string of the molecule is CC[C@@]1([C@@H]2O[C@H]([C@H]3O[C@@]4(CO[C@@H](c5ccc(OC)cc5)O4)[C@H](C)C[C@@H]3C)C[C@@H]2C)CC[C@H]([C@@]2(C)CC[C@]3(C[C@H](OC)[C@@H](C)[C@@H]([C@@H](C)[C@@H](OC)[C@H](C)C(=O)O)O3)O2)O1. The lowest BCUT2D eigenvalue weighted by Gasteiger charge is -2.49. The molecule has 0 bridgehead atoms. The zero-order chi connectivity index (χ0) is 41.1. The van der Waals surface area contributed by atoms with E-state index in [-0.39, 0.29) is 66.2 Å². The summed E-state index contributed by atoms with van der Waals surface area (Å²) in [5.74, 6) is -1.97. The normalized spacial score (nSPS) is 46.4. The minimum absolute atomic E-state index is 0.0192. The van der Waals surface area contributed by atoms with Crippen LogP contribution in [-0.4, -0.2) is 105 Å². The molecule has 57 heavy (non-hydrogen) atoms. The molecule has 2 spiro atoms. The average Bonchev–Trinajstić information content (AvgIpc) is 4.00. The van der Waals surface area contributed by atoms with Crippen molar-refractivity contribution in [1.82, 2.24) is 0 Å². The monoisotopic (exact) mass is 802 g/mol.